The van der Waals surface area contributed by atoms with Crippen LogP contribution in [0.2, 0.25) is 0 Å². The number of nitrogens with zero attached hydrogens (tertiary/aromatic N) is 3. The van der Waals surface area contributed by atoms with Gasteiger partial charge in [0.15, 0.2) is 0 Å². The van der Waals surface area contributed by atoms with E-state index in [0.717, 1.165) is 5.52 Å². The SMILES string of the molecule is CC(C)c1cnn2ccc(C#N)cc12. The summed E-state index contributed by atoms with van der Waals surface area (Å²) in [4.78, 5) is 0. The number of rotatable bonds is 1. The molecular weight excluding hydrogens is 174 g/mol. The van der Waals surface area contributed by atoms with Crippen LogP contribution in [0.4, 0.5) is 0 Å². The summed E-state index contributed by atoms with van der Waals surface area (Å²) >= 11 is 0. The van der Waals surface area contributed by atoms with Gasteiger partial charge in [-0.2, -0.15) is 10.4 Å². The normalized spacial score (nSPS) is 10.7. The molecule has 0 aliphatic heterocycles. The van der Waals surface area contributed by atoms with E-state index in [1.54, 1.807) is 10.6 Å². The van der Waals surface area contributed by atoms with E-state index in [4.69, 9.17) is 5.26 Å². The molecule has 2 aromatic heterocycles. The zero-order valence-electron chi connectivity index (χ0n) is 8.23. The second-order valence-electron chi connectivity index (χ2n) is 3.61. The van der Waals surface area contributed by atoms with Crippen LogP contribution in [0.5, 0.6) is 0 Å². The summed E-state index contributed by atoms with van der Waals surface area (Å²) in [6, 6.07) is 5.78. The van der Waals surface area contributed by atoms with Gasteiger partial charge >= 0.3 is 0 Å². The fraction of sp³-hybridized carbons (Fsp3) is 0.273. The van der Waals surface area contributed by atoms with Crippen LogP contribution < -0.4 is 0 Å². The quantitative estimate of drug-likeness (QED) is 0.684. The smallest absolute Gasteiger partial charge is 0.0992 e. The summed E-state index contributed by atoms with van der Waals surface area (Å²) in [5, 5.41) is 13.0. The highest BCUT2D eigenvalue weighted by Crippen LogP contribution is 2.20. The topological polar surface area (TPSA) is 41.1 Å². The Morgan fingerprint density at radius 2 is 2.29 bits per heavy atom. The number of hydrogen-bond acceptors (Lipinski definition) is 2. The van der Waals surface area contributed by atoms with Gasteiger partial charge in [0.1, 0.15) is 0 Å². The third kappa shape index (κ3) is 1.25. The first-order valence-corrected chi connectivity index (χ1v) is 4.60. The molecule has 0 bridgehead atoms. The molecule has 3 nitrogen and oxygen atoms in total. The molecule has 0 fully saturated rings. The molecule has 2 heterocycles. The number of hydrogen-bond donors (Lipinski definition) is 0. The monoisotopic (exact) mass is 185 g/mol. The molecule has 2 aromatic rings. The molecule has 0 spiro atoms. The van der Waals surface area contributed by atoms with Gasteiger partial charge < -0.3 is 0 Å². The van der Waals surface area contributed by atoms with Gasteiger partial charge in [0.2, 0.25) is 0 Å². The first-order chi connectivity index (χ1) is 6.72. The summed E-state index contributed by atoms with van der Waals surface area (Å²) in [6.07, 6.45) is 3.68. The average Bonchev–Trinajstić information content (AvgIpc) is 2.59. The zero-order chi connectivity index (χ0) is 10.1. The van der Waals surface area contributed by atoms with Gasteiger partial charge in [-0.05, 0) is 18.1 Å². The minimum absolute atomic E-state index is 0.432. The molecule has 2 rings (SSSR count). The summed E-state index contributed by atoms with van der Waals surface area (Å²) in [7, 11) is 0. The predicted octanol–water partition coefficient (Wildman–Crippen LogP) is 2.33. The van der Waals surface area contributed by atoms with E-state index in [1.807, 2.05) is 18.5 Å². The molecule has 0 unspecified atom stereocenters. The minimum atomic E-state index is 0.432. The molecule has 0 atom stereocenters. The highest BCUT2D eigenvalue weighted by Gasteiger charge is 2.07. The van der Waals surface area contributed by atoms with Crippen molar-refractivity contribution in [2.75, 3.05) is 0 Å². The summed E-state index contributed by atoms with van der Waals surface area (Å²) in [6.45, 7) is 4.24. The van der Waals surface area contributed by atoms with E-state index in [9.17, 15) is 0 Å². The number of nitriles is 1. The molecule has 0 amide bonds. The van der Waals surface area contributed by atoms with Crippen molar-refractivity contribution < 1.29 is 0 Å². The van der Waals surface area contributed by atoms with Crippen molar-refractivity contribution in [3.63, 3.8) is 0 Å². The lowest BCUT2D eigenvalue weighted by molar-refractivity contribution is 0.875. The third-order valence-electron chi connectivity index (χ3n) is 2.30. The first-order valence-electron chi connectivity index (χ1n) is 4.60. The van der Waals surface area contributed by atoms with Gasteiger partial charge in [0, 0.05) is 11.8 Å². The lowest BCUT2D eigenvalue weighted by Crippen LogP contribution is -1.89. The van der Waals surface area contributed by atoms with Crippen LogP contribution in [0.15, 0.2) is 24.5 Å². The molecule has 0 aromatic carbocycles. The zero-order valence-corrected chi connectivity index (χ0v) is 8.23. The molecule has 70 valence electrons. The lowest BCUT2D eigenvalue weighted by atomic mass is 10.1. The molecule has 0 aliphatic rings. The van der Waals surface area contributed by atoms with E-state index in [-0.39, 0.29) is 0 Å². The van der Waals surface area contributed by atoms with Gasteiger partial charge in [-0.15, -0.1) is 0 Å². The Labute approximate surface area is 82.6 Å². The third-order valence-corrected chi connectivity index (χ3v) is 2.30. The Balaban J connectivity index is 2.71. The Hall–Kier alpha value is -1.82. The van der Waals surface area contributed by atoms with E-state index >= 15 is 0 Å². The van der Waals surface area contributed by atoms with Crippen LogP contribution in [0.1, 0.15) is 30.9 Å². The van der Waals surface area contributed by atoms with Crippen LogP contribution >= 0.6 is 0 Å². The first kappa shape index (κ1) is 8.76. The molecule has 0 saturated carbocycles. The van der Waals surface area contributed by atoms with Gasteiger partial charge in [-0.3, -0.25) is 0 Å². The molecular formula is C11H11N3. The summed E-state index contributed by atoms with van der Waals surface area (Å²) in [5.41, 5.74) is 2.89. The Kier molecular flexibility index (Phi) is 1.97. The highest BCUT2D eigenvalue weighted by atomic mass is 15.2. The second-order valence-corrected chi connectivity index (χ2v) is 3.61. The molecule has 0 saturated heterocycles. The van der Waals surface area contributed by atoms with E-state index in [0.29, 0.717) is 11.5 Å². The van der Waals surface area contributed by atoms with Crippen molar-refractivity contribution >= 4 is 5.52 Å². The standard InChI is InChI=1S/C11H11N3/c1-8(2)10-7-13-14-4-3-9(6-12)5-11(10)14/h3-5,7-8H,1-2H3. The van der Waals surface area contributed by atoms with Crippen LogP contribution in [0.25, 0.3) is 5.52 Å². The number of aromatic nitrogens is 2. The van der Waals surface area contributed by atoms with Crippen molar-refractivity contribution in [2.45, 2.75) is 19.8 Å². The Morgan fingerprint density at radius 1 is 1.50 bits per heavy atom. The fourth-order valence-electron chi connectivity index (χ4n) is 1.51. The van der Waals surface area contributed by atoms with Crippen molar-refractivity contribution in [2.24, 2.45) is 0 Å². The largest absolute Gasteiger partial charge is 0.241 e. The maximum Gasteiger partial charge on any atom is 0.0992 e. The van der Waals surface area contributed by atoms with Gasteiger partial charge in [0.05, 0.1) is 23.3 Å². The van der Waals surface area contributed by atoms with Crippen LogP contribution in [0.3, 0.4) is 0 Å². The molecule has 0 aliphatic carbocycles. The lowest BCUT2D eigenvalue weighted by Gasteiger charge is -2.01. The van der Waals surface area contributed by atoms with Gasteiger partial charge in [0.25, 0.3) is 0 Å². The number of pyridine rings is 1. The van der Waals surface area contributed by atoms with Crippen LogP contribution in [-0.2, 0) is 0 Å². The second kappa shape index (κ2) is 3.15. The van der Waals surface area contributed by atoms with Crippen molar-refractivity contribution in [3.05, 3.63) is 35.7 Å². The van der Waals surface area contributed by atoms with Crippen LogP contribution in [-0.4, -0.2) is 9.61 Å². The van der Waals surface area contributed by atoms with E-state index in [2.05, 4.69) is 25.0 Å². The van der Waals surface area contributed by atoms with Crippen molar-refractivity contribution in [1.29, 1.82) is 5.26 Å². The molecule has 14 heavy (non-hydrogen) atoms. The van der Waals surface area contributed by atoms with Crippen LogP contribution in [0, 0.1) is 11.3 Å². The van der Waals surface area contributed by atoms with Crippen molar-refractivity contribution in [1.82, 2.24) is 9.61 Å². The number of fused-ring (bicyclic) bond motifs is 1. The maximum atomic E-state index is 8.78. The molecule has 0 radical (unpaired) electrons. The average molecular weight is 185 g/mol. The summed E-state index contributed by atoms with van der Waals surface area (Å²) < 4.78 is 1.80. The highest BCUT2D eigenvalue weighted by molar-refractivity contribution is 5.58. The van der Waals surface area contributed by atoms with Crippen molar-refractivity contribution in [3.8, 4) is 6.07 Å². The minimum Gasteiger partial charge on any atom is -0.241 e. The van der Waals surface area contributed by atoms with E-state index in [1.165, 1.54) is 5.56 Å². The fourth-order valence-corrected chi connectivity index (χ4v) is 1.51. The Morgan fingerprint density at radius 3 is 2.93 bits per heavy atom. The molecule has 0 N–H and O–H groups in total. The maximum absolute atomic E-state index is 8.78. The summed E-state index contributed by atoms with van der Waals surface area (Å²) in [5.74, 6) is 0.432. The Bertz CT molecular complexity index is 503. The predicted molar refractivity (Wildman–Crippen MR) is 54.0 cm³/mol. The van der Waals surface area contributed by atoms with Gasteiger partial charge in [-0.25, -0.2) is 4.52 Å². The molecule has 3 heteroatoms. The van der Waals surface area contributed by atoms with Gasteiger partial charge in [-0.1, -0.05) is 13.8 Å². The van der Waals surface area contributed by atoms with E-state index < -0.39 is 0 Å².